The van der Waals surface area contributed by atoms with Gasteiger partial charge in [-0.2, -0.15) is 4.31 Å². The van der Waals surface area contributed by atoms with Crippen molar-refractivity contribution in [1.82, 2.24) is 14.1 Å². The Balaban J connectivity index is 1.69. The molecule has 0 radical (unpaired) electrons. The Kier molecular flexibility index (Phi) is 5.81. The standard InChI is InChI=1S/C17H26N4O4S/c1-19-8-10-20(11-9-19)26(23,24)16-5-3-4-14(12-16)18-17(22)21-7-6-15(21)13-25-2/h3-5,12,15H,6-11,13H2,1-2H3,(H,18,22). The van der Waals surface area contributed by atoms with E-state index in [2.05, 4.69) is 10.2 Å². The first-order chi connectivity index (χ1) is 12.4. The predicted octanol–water partition coefficient (Wildman–Crippen LogP) is 0.875. The van der Waals surface area contributed by atoms with Crippen LogP contribution in [-0.2, 0) is 14.8 Å². The Morgan fingerprint density at radius 1 is 1.23 bits per heavy atom. The van der Waals surface area contributed by atoms with Crippen LogP contribution in [0.15, 0.2) is 29.2 Å². The second kappa shape index (κ2) is 7.91. The molecule has 2 amide bonds. The van der Waals surface area contributed by atoms with Crippen LogP contribution < -0.4 is 5.32 Å². The van der Waals surface area contributed by atoms with Crippen molar-refractivity contribution in [2.24, 2.45) is 0 Å². The number of methoxy groups -OCH3 is 1. The first kappa shape index (κ1) is 19.1. The number of nitrogens with zero attached hydrogens (tertiary/aromatic N) is 3. The molecule has 0 aromatic heterocycles. The molecule has 0 saturated carbocycles. The summed E-state index contributed by atoms with van der Waals surface area (Å²) in [6.45, 7) is 3.56. The van der Waals surface area contributed by atoms with Crippen LogP contribution in [0.2, 0.25) is 0 Å². The Bertz CT molecular complexity index is 747. The van der Waals surface area contributed by atoms with Gasteiger partial charge in [0.15, 0.2) is 0 Å². The van der Waals surface area contributed by atoms with Crippen LogP contribution in [0.1, 0.15) is 6.42 Å². The second-order valence-corrected chi connectivity index (χ2v) is 8.69. The third kappa shape index (κ3) is 4.01. The highest BCUT2D eigenvalue weighted by Gasteiger charge is 2.32. The second-order valence-electron chi connectivity index (χ2n) is 6.76. The summed E-state index contributed by atoms with van der Waals surface area (Å²) in [5, 5.41) is 2.79. The van der Waals surface area contributed by atoms with E-state index in [-0.39, 0.29) is 17.0 Å². The van der Waals surface area contributed by atoms with Gasteiger partial charge in [0.05, 0.1) is 17.5 Å². The zero-order valence-corrected chi connectivity index (χ0v) is 16.0. The zero-order chi connectivity index (χ0) is 18.7. The number of nitrogens with one attached hydrogen (secondary N) is 1. The van der Waals surface area contributed by atoms with Gasteiger partial charge in [-0.1, -0.05) is 6.07 Å². The normalized spacial score (nSPS) is 22.1. The molecule has 26 heavy (non-hydrogen) atoms. The molecule has 1 atom stereocenters. The van der Waals surface area contributed by atoms with Gasteiger partial charge in [0.25, 0.3) is 0 Å². The minimum atomic E-state index is -3.55. The smallest absolute Gasteiger partial charge is 0.322 e. The molecule has 2 aliphatic heterocycles. The average molecular weight is 382 g/mol. The Morgan fingerprint density at radius 3 is 2.58 bits per heavy atom. The first-order valence-corrected chi connectivity index (χ1v) is 10.2. The van der Waals surface area contributed by atoms with Gasteiger partial charge >= 0.3 is 6.03 Å². The molecule has 3 rings (SSSR count). The molecular weight excluding hydrogens is 356 g/mol. The minimum absolute atomic E-state index is 0.0808. The van der Waals surface area contributed by atoms with Crippen LogP contribution in [-0.4, -0.2) is 88.1 Å². The number of amides is 2. The predicted molar refractivity (Wildman–Crippen MR) is 98.7 cm³/mol. The van der Waals surface area contributed by atoms with Crippen LogP contribution in [0.25, 0.3) is 0 Å². The van der Waals surface area contributed by atoms with E-state index in [0.29, 0.717) is 45.0 Å². The summed E-state index contributed by atoms with van der Waals surface area (Å²) < 4.78 is 32.3. The molecule has 8 nitrogen and oxygen atoms in total. The molecule has 9 heteroatoms. The van der Waals surface area contributed by atoms with Crippen LogP contribution >= 0.6 is 0 Å². The number of urea groups is 1. The van der Waals surface area contributed by atoms with Crippen LogP contribution in [0.5, 0.6) is 0 Å². The number of hydrogen-bond donors (Lipinski definition) is 1. The van der Waals surface area contributed by atoms with Crippen molar-refractivity contribution in [2.45, 2.75) is 17.4 Å². The Morgan fingerprint density at radius 2 is 1.96 bits per heavy atom. The van der Waals surface area contributed by atoms with Crippen molar-refractivity contribution in [2.75, 3.05) is 58.8 Å². The lowest BCUT2D eigenvalue weighted by atomic mass is 10.1. The van der Waals surface area contributed by atoms with E-state index >= 15 is 0 Å². The molecule has 1 unspecified atom stereocenters. The van der Waals surface area contributed by atoms with Gasteiger partial charge in [-0.05, 0) is 31.7 Å². The molecule has 2 aliphatic rings. The van der Waals surface area contributed by atoms with E-state index in [0.717, 1.165) is 6.42 Å². The number of carbonyl (C=O) groups excluding carboxylic acids is 1. The third-order valence-electron chi connectivity index (χ3n) is 4.95. The monoisotopic (exact) mass is 382 g/mol. The number of rotatable bonds is 5. The van der Waals surface area contributed by atoms with Gasteiger partial charge in [-0.15, -0.1) is 0 Å². The van der Waals surface area contributed by atoms with Gasteiger partial charge in [0.1, 0.15) is 0 Å². The fraction of sp³-hybridized carbons (Fsp3) is 0.588. The van der Waals surface area contributed by atoms with Crippen molar-refractivity contribution in [1.29, 1.82) is 0 Å². The van der Waals surface area contributed by atoms with Crippen LogP contribution in [0.3, 0.4) is 0 Å². The molecule has 1 aromatic rings. The summed E-state index contributed by atoms with van der Waals surface area (Å²) in [5.41, 5.74) is 0.480. The highest BCUT2D eigenvalue weighted by molar-refractivity contribution is 7.89. The van der Waals surface area contributed by atoms with Gasteiger partial charge < -0.3 is 19.9 Å². The van der Waals surface area contributed by atoms with E-state index in [1.807, 2.05) is 7.05 Å². The summed E-state index contributed by atoms with van der Waals surface area (Å²) in [6.07, 6.45) is 0.916. The third-order valence-corrected chi connectivity index (χ3v) is 6.84. The molecule has 1 N–H and O–H groups in total. The van der Waals surface area contributed by atoms with Crippen molar-refractivity contribution in [3.63, 3.8) is 0 Å². The minimum Gasteiger partial charge on any atom is -0.383 e. The van der Waals surface area contributed by atoms with E-state index in [1.165, 1.54) is 10.4 Å². The molecule has 2 heterocycles. The highest BCUT2D eigenvalue weighted by Crippen LogP contribution is 2.23. The molecule has 2 fully saturated rings. The Hall–Kier alpha value is -1.68. The lowest BCUT2D eigenvalue weighted by molar-refractivity contribution is 0.0545. The summed E-state index contributed by atoms with van der Waals surface area (Å²) in [4.78, 5) is 16.4. The average Bonchev–Trinajstić information content (AvgIpc) is 2.59. The number of likely N-dealkylation sites (tertiary alicyclic amines) is 1. The van der Waals surface area contributed by atoms with E-state index < -0.39 is 10.0 Å². The van der Waals surface area contributed by atoms with E-state index in [1.54, 1.807) is 30.2 Å². The zero-order valence-electron chi connectivity index (χ0n) is 15.2. The lowest BCUT2D eigenvalue weighted by Gasteiger charge is -2.40. The number of sulfonamides is 1. The summed E-state index contributed by atoms with van der Waals surface area (Å²) >= 11 is 0. The van der Waals surface area contributed by atoms with E-state index in [4.69, 9.17) is 4.74 Å². The fourth-order valence-electron chi connectivity index (χ4n) is 3.18. The van der Waals surface area contributed by atoms with Gasteiger partial charge in [0, 0.05) is 45.5 Å². The SMILES string of the molecule is COCC1CCN1C(=O)Nc1cccc(S(=O)(=O)N2CCN(C)CC2)c1. The fourth-order valence-corrected chi connectivity index (χ4v) is 4.65. The molecule has 0 spiro atoms. The number of likely N-dealkylation sites (N-methyl/N-ethyl adjacent to an activating group) is 1. The van der Waals surface area contributed by atoms with Gasteiger partial charge in [0.2, 0.25) is 10.0 Å². The highest BCUT2D eigenvalue weighted by atomic mass is 32.2. The molecular formula is C17H26N4O4S. The number of ether oxygens (including phenoxy) is 1. The molecule has 0 aliphatic carbocycles. The Labute approximate surface area is 154 Å². The van der Waals surface area contributed by atoms with Gasteiger partial charge in [-0.3, -0.25) is 0 Å². The molecule has 2 saturated heterocycles. The lowest BCUT2D eigenvalue weighted by Crippen LogP contribution is -2.54. The topological polar surface area (TPSA) is 82.2 Å². The van der Waals surface area contributed by atoms with Crippen molar-refractivity contribution in [3.05, 3.63) is 24.3 Å². The van der Waals surface area contributed by atoms with Crippen molar-refractivity contribution in [3.8, 4) is 0 Å². The van der Waals surface area contributed by atoms with Gasteiger partial charge in [-0.25, -0.2) is 13.2 Å². The summed E-state index contributed by atoms with van der Waals surface area (Å²) in [5.74, 6) is 0. The summed E-state index contributed by atoms with van der Waals surface area (Å²) in [7, 11) is 0.0379. The molecule has 0 bridgehead atoms. The van der Waals surface area contributed by atoms with Crippen LogP contribution in [0.4, 0.5) is 10.5 Å². The summed E-state index contributed by atoms with van der Waals surface area (Å²) in [6, 6.07) is 6.30. The maximum absolute atomic E-state index is 12.8. The number of benzene rings is 1. The first-order valence-electron chi connectivity index (χ1n) is 8.77. The molecule has 144 valence electrons. The maximum atomic E-state index is 12.8. The number of piperazine rings is 1. The van der Waals surface area contributed by atoms with E-state index in [9.17, 15) is 13.2 Å². The maximum Gasteiger partial charge on any atom is 0.322 e. The van der Waals surface area contributed by atoms with Crippen molar-refractivity contribution >= 4 is 21.7 Å². The molecule has 1 aromatic carbocycles. The largest absolute Gasteiger partial charge is 0.383 e. The van der Waals surface area contributed by atoms with Crippen LogP contribution in [0, 0.1) is 0 Å². The van der Waals surface area contributed by atoms with Crippen molar-refractivity contribution < 1.29 is 17.9 Å². The number of hydrogen-bond acceptors (Lipinski definition) is 5. The number of carbonyl (C=O) groups is 1. The number of anilines is 1. The quantitative estimate of drug-likeness (QED) is 0.817.